The van der Waals surface area contributed by atoms with Gasteiger partial charge in [0.05, 0.1) is 0 Å². The highest BCUT2D eigenvalue weighted by molar-refractivity contribution is 5.77. The molecule has 0 aromatic carbocycles. The number of rotatable bonds is 3. The molecule has 1 amide bonds. The van der Waals surface area contributed by atoms with Gasteiger partial charge < -0.3 is 10.2 Å². The van der Waals surface area contributed by atoms with Gasteiger partial charge in [0.1, 0.15) is 0 Å². The molecular weight excluding hydrogens is 248 g/mol. The van der Waals surface area contributed by atoms with Crippen LogP contribution in [0.25, 0.3) is 0 Å². The van der Waals surface area contributed by atoms with Crippen LogP contribution in [-0.4, -0.2) is 36.5 Å². The first-order chi connectivity index (χ1) is 9.84. The molecule has 0 bridgehead atoms. The number of carbonyl (C=O) groups excluding carboxylic acids is 1. The minimum Gasteiger partial charge on any atom is -0.339 e. The van der Waals surface area contributed by atoms with Gasteiger partial charge in [-0.25, -0.2) is 0 Å². The zero-order chi connectivity index (χ0) is 13.8. The number of amides is 1. The zero-order valence-corrected chi connectivity index (χ0v) is 12.8. The minimum absolute atomic E-state index is 0.470. The standard InChI is InChI=1S/C17H30N2O/c20-17(13-14-5-2-1-3-6-14)19-12-4-7-16(19)15-8-10-18-11-9-15/h14-16,18H,1-13H2. The summed E-state index contributed by atoms with van der Waals surface area (Å²) in [7, 11) is 0. The Balaban J connectivity index is 1.55. The van der Waals surface area contributed by atoms with E-state index in [1.807, 2.05) is 0 Å². The Hall–Kier alpha value is -0.570. The van der Waals surface area contributed by atoms with Crippen molar-refractivity contribution in [2.75, 3.05) is 19.6 Å². The van der Waals surface area contributed by atoms with Crippen molar-refractivity contribution < 1.29 is 4.79 Å². The molecule has 0 aromatic rings. The summed E-state index contributed by atoms with van der Waals surface area (Å²) < 4.78 is 0. The molecule has 3 heteroatoms. The molecule has 0 aromatic heterocycles. The molecule has 0 spiro atoms. The van der Waals surface area contributed by atoms with E-state index in [0.717, 1.165) is 32.0 Å². The number of nitrogens with one attached hydrogen (secondary N) is 1. The lowest BCUT2D eigenvalue weighted by Gasteiger charge is -2.35. The Kier molecular flexibility index (Phi) is 4.98. The summed E-state index contributed by atoms with van der Waals surface area (Å²) in [6, 6.07) is 0.563. The van der Waals surface area contributed by atoms with Crippen LogP contribution >= 0.6 is 0 Å². The van der Waals surface area contributed by atoms with E-state index in [0.29, 0.717) is 17.9 Å². The maximum atomic E-state index is 12.7. The third-order valence-electron chi connectivity index (χ3n) is 5.74. The first-order valence-corrected chi connectivity index (χ1v) is 8.85. The molecule has 3 nitrogen and oxygen atoms in total. The first-order valence-electron chi connectivity index (χ1n) is 8.85. The second-order valence-corrected chi connectivity index (χ2v) is 7.09. The van der Waals surface area contributed by atoms with Crippen LogP contribution in [0.2, 0.25) is 0 Å². The molecule has 3 rings (SSSR count). The Morgan fingerprint density at radius 1 is 0.950 bits per heavy atom. The number of likely N-dealkylation sites (tertiary alicyclic amines) is 1. The van der Waals surface area contributed by atoms with Crippen molar-refractivity contribution in [3.8, 4) is 0 Å². The molecule has 20 heavy (non-hydrogen) atoms. The van der Waals surface area contributed by atoms with Gasteiger partial charge in [-0.3, -0.25) is 4.79 Å². The number of piperidine rings is 1. The normalized spacial score (nSPS) is 29.8. The lowest BCUT2D eigenvalue weighted by atomic mass is 9.85. The molecule has 1 unspecified atom stereocenters. The van der Waals surface area contributed by atoms with Gasteiger partial charge in [0.2, 0.25) is 5.91 Å². The number of nitrogens with zero attached hydrogens (tertiary/aromatic N) is 1. The molecule has 3 fully saturated rings. The Labute approximate surface area is 123 Å². The molecule has 1 atom stereocenters. The highest BCUT2D eigenvalue weighted by Gasteiger charge is 2.35. The van der Waals surface area contributed by atoms with Crippen LogP contribution < -0.4 is 5.32 Å². The summed E-state index contributed by atoms with van der Waals surface area (Å²) in [6.07, 6.45) is 12.5. The van der Waals surface area contributed by atoms with Gasteiger partial charge >= 0.3 is 0 Å². The molecule has 1 saturated carbocycles. The molecule has 3 aliphatic rings. The van der Waals surface area contributed by atoms with Crippen molar-refractivity contribution in [3.05, 3.63) is 0 Å². The van der Waals surface area contributed by atoms with Crippen molar-refractivity contribution in [1.29, 1.82) is 0 Å². The van der Waals surface area contributed by atoms with E-state index in [-0.39, 0.29) is 0 Å². The maximum absolute atomic E-state index is 12.7. The molecule has 0 radical (unpaired) electrons. The summed E-state index contributed by atoms with van der Waals surface area (Å²) in [5.74, 6) is 1.91. The van der Waals surface area contributed by atoms with E-state index in [9.17, 15) is 4.79 Å². The van der Waals surface area contributed by atoms with Crippen molar-refractivity contribution in [2.24, 2.45) is 11.8 Å². The van der Waals surface area contributed by atoms with Crippen LogP contribution in [0.4, 0.5) is 0 Å². The smallest absolute Gasteiger partial charge is 0.223 e. The third-order valence-corrected chi connectivity index (χ3v) is 5.74. The van der Waals surface area contributed by atoms with Crippen molar-refractivity contribution >= 4 is 5.91 Å². The molecule has 114 valence electrons. The van der Waals surface area contributed by atoms with E-state index in [2.05, 4.69) is 10.2 Å². The highest BCUT2D eigenvalue weighted by atomic mass is 16.2. The second-order valence-electron chi connectivity index (χ2n) is 7.09. The van der Waals surface area contributed by atoms with Crippen LogP contribution in [0.1, 0.15) is 64.2 Å². The average Bonchev–Trinajstić information content (AvgIpc) is 2.99. The van der Waals surface area contributed by atoms with E-state index in [4.69, 9.17) is 0 Å². The molecule has 2 saturated heterocycles. The first kappa shape index (κ1) is 14.4. The molecule has 1 aliphatic carbocycles. The lowest BCUT2D eigenvalue weighted by Crippen LogP contribution is -2.44. The Bertz CT molecular complexity index is 319. The van der Waals surface area contributed by atoms with E-state index in [1.54, 1.807) is 0 Å². The second kappa shape index (κ2) is 6.93. The van der Waals surface area contributed by atoms with Crippen LogP contribution in [0.5, 0.6) is 0 Å². The van der Waals surface area contributed by atoms with E-state index >= 15 is 0 Å². The van der Waals surface area contributed by atoms with Gasteiger partial charge in [-0.2, -0.15) is 0 Å². The zero-order valence-electron chi connectivity index (χ0n) is 12.8. The van der Waals surface area contributed by atoms with Crippen molar-refractivity contribution in [3.63, 3.8) is 0 Å². The molecule has 2 heterocycles. The monoisotopic (exact) mass is 278 g/mol. The summed E-state index contributed by atoms with van der Waals surface area (Å²) in [4.78, 5) is 14.9. The average molecular weight is 278 g/mol. The largest absolute Gasteiger partial charge is 0.339 e. The quantitative estimate of drug-likeness (QED) is 0.861. The van der Waals surface area contributed by atoms with Crippen LogP contribution in [0.3, 0.4) is 0 Å². The van der Waals surface area contributed by atoms with Crippen LogP contribution in [0, 0.1) is 11.8 Å². The number of carbonyl (C=O) groups is 1. The summed E-state index contributed by atoms with van der Waals surface area (Å²) in [5, 5.41) is 3.44. The van der Waals surface area contributed by atoms with E-state index < -0.39 is 0 Å². The maximum Gasteiger partial charge on any atom is 0.223 e. The fraction of sp³-hybridized carbons (Fsp3) is 0.941. The predicted octanol–water partition coefficient (Wildman–Crippen LogP) is 2.95. The van der Waals surface area contributed by atoms with Gasteiger partial charge in [0.15, 0.2) is 0 Å². The number of hydrogen-bond donors (Lipinski definition) is 1. The SMILES string of the molecule is O=C(CC1CCCCC1)N1CCCC1C1CCNCC1. The topological polar surface area (TPSA) is 32.3 Å². The van der Waals surface area contributed by atoms with Crippen molar-refractivity contribution in [1.82, 2.24) is 10.2 Å². The fourth-order valence-corrected chi connectivity index (χ4v) is 4.58. The van der Waals surface area contributed by atoms with E-state index in [1.165, 1.54) is 57.8 Å². The lowest BCUT2D eigenvalue weighted by molar-refractivity contribution is -0.134. The highest BCUT2D eigenvalue weighted by Crippen LogP contribution is 2.32. The predicted molar refractivity (Wildman–Crippen MR) is 81.5 cm³/mol. The minimum atomic E-state index is 0.470. The number of hydrogen-bond acceptors (Lipinski definition) is 2. The van der Waals surface area contributed by atoms with Gasteiger partial charge in [-0.05, 0) is 63.5 Å². The fourth-order valence-electron chi connectivity index (χ4n) is 4.58. The van der Waals surface area contributed by atoms with Crippen LogP contribution in [0.15, 0.2) is 0 Å². The Morgan fingerprint density at radius 2 is 1.70 bits per heavy atom. The summed E-state index contributed by atoms with van der Waals surface area (Å²) >= 11 is 0. The summed E-state index contributed by atoms with van der Waals surface area (Å²) in [5.41, 5.74) is 0. The Morgan fingerprint density at radius 3 is 2.45 bits per heavy atom. The van der Waals surface area contributed by atoms with Gasteiger partial charge in [0, 0.05) is 19.0 Å². The van der Waals surface area contributed by atoms with Gasteiger partial charge in [-0.15, -0.1) is 0 Å². The molecular formula is C17H30N2O. The third kappa shape index (κ3) is 3.36. The molecule has 2 aliphatic heterocycles. The molecule has 1 N–H and O–H groups in total. The van der Waals surface area contributed by atoms with Crippen LogP contribution in [-0.2, 0) is 4.79 Å². The van der Waals surface area contributed by atoms with Crippen molar-refractivity contribution in [2.45, 2.75) is 70.3 Å². The van der Waals surface area contributed by atoms with Gasteiger partial charge in [0.25, 0.3) is 0 Å². The summed E-state index contributed by atoms with van der Waals surface area (Å²) in [6.45, 7) is 3.32. The van der Waals surface area contributed by atoms with Gasteiger partial charge in [-0.1, -0.05) is 19.3 Å².